The van der Waals surface area contributed by atoms with Crippen LogP contribution in [0.1, 0.15) is 6.42 Å². The molecule has 0 aromatic carbocycles. The normalized spacial score (nSPS) is 11.8. The molecule has 2 rings (SSSR count). The first kappa shape index (κ1) is 14.7. The van der Waals surface area contributed by atoms with Crippen LogP contribution in [0.4, 0.5) is 0 Å². The molecule has 0 radical (unpaired) electrons. The third kappa shape index (κ3) is 3.89. The number of nitrogens with one attached hydrogen (secondary N) is 1. The molecule has 0 spiro atoms. The Morgan fingerprint density at radius 3 is 2.90 bits per heavy atom. The van der Waals surface area contributed by atoms with Crippen LogP contribution in [0.2, 0.25) is 0 Å². The SMILES string of the molecule is NCCCn1cc(S(=O)(=O)NCCn2ccnc2)cn1. The quantitative estimate of drug-likeness (QED) is 0.677. The smallest absolute Gasteiger partial charge is 0.243 e. The van der Waals surface area contributed by atoms with Gasteiger partial charge in [-0.1, -0.05) is 0 Å². The van der Waals surface area contributed by atoms with Crippen molar-refractivity contribution in [2.45, 2.75) is 24.4 Å². The Labute approximate surface area is 117 Å². The minimum absolute atomic E-state index is 0.167. The highest BCUT2D eigenvalue weighted by Crippen LogP contribution is 2.06. The summed E-state index contributed by atoms with van der Waals surface area (Å²) in [7, 11) is -3.52. The van der Waals surface area contributed by atoms with Crippen LogP contribution in [-0.4, -0.2) is 40.8 Å². The first-order chi connectivity index (χ1) is 9.62. The lowest BCUT2D eigenvalue weighted by Gasteiger charge is -2.05. The fraction of sp³-hybridized carbons (Fsp3) is 0.455. The third-order valence-electron chi connectivity index (χ3n) is 2.73. The molecule has 0 aliphatic rings. The number of hydrogen-bond donors (Lipinski definition) is 2. The predicted octanol–water partition coefficient (Wildman–Crippen LogP) is -0.593. The molecule has 0 amide bonds. The van der Waals surface area contributed by atoms with Crippen molar-refractivity contribution in [3.05, 3.63) is 31.1 Å². The summed E-state index contributed by atoms with van der Waals surface area (Å²) >= 11 is 0. The first-order valence-electron chi connectivity index (χ1n) is 6.30. The van der Waals surface area contributed by atoms with E-state index in [4.69, 9.17) is 5.73 Å². The van der Waals surface area contributed by atoms with Crippen molar-refractivity contribution in [2.75, 3.05) is 13.1 Å². The zero-order chi connectivity index (χ0) is 14.4. The van der Waals surface area contributed by atoms with E-state index >= 15 is 0 Å². The monoisotopic (exact) mass is 298 g/mol. The molecule has 0 fully saturated rings. The summed E-state index contributed by atoms with van der Waals surface area (Å²) in [5.41, 5.74) is 5.40. The van der Waals surface area contributed by atoms with Gasteiger partial charge < -0.3 is 10.3 Å². The molecule has 2 aromatic rings. The molecule has 0 aliphatic heterocycles. The summed E-state index contributed by atoms with van der Waals surface area (Å²) in [5.74, 6) is 0. The zero-order valence-corrected chi connectivity index (χ0v) is 11.8. The van der Waals surface area contributed by atoms with Gasteiger partial charge in [0.15, 0.2) is 0 Å². The molecular formula is C11H18N6O2S. The van der Waals surface area contributed by atoms with Gasteiger partial charge in [-0.3, -0.25) is 4.68 Å². The Bertz CT molecular complexity index is 619. The van der Waals surface area contributed by atoms with Crippen LogP contribution in [0, 0.1) is 0 Å². The predicted molar refractivity (Wildman–Crippen MR) is 73.3 cm³/mol. The van der Waals surface area contributed by atoms with Crippen LogP contribution in [0.15, 0.2) is 36.0 Å². The largest absolute Gasteiger partial charge is 0.336 e. The maximum absolute atomic E-state index is 12.0. The van der Waals surface area contributed by atoms with Crippen LogP contribution in [-0.2, 0) is 23.1 Å². The molecule has 3 N–H and O–H groups in total. The average molecular weight is 298 g/mol. The highest BCUT2D eigenvalue weighted by molar-refractivity contribution is 7.89. The zero-order valence-electron chi connectivity index (χ0n) is 11.0. The van der Waals surface area contributed by atoms with Gasteiger partial charge in [0.1, 0.15) is 4.90 Å². The molecule has 0 aliphatic carbocycles. The van der Waals surface area contributed by atoms with E-state index < -0.39 is 10.0 Å². The van der Waals surface area contributed by atoms with Crippen LogP contribution >= 0.6 is 0 Å². The fourth-order valence-corrected chi connectivity index (χ4v) is 2.64. The molecule has 2 heterocycles. The van der Waals surface area contributed by atoms with Gasteiger partial charge in [0.05, 0.1) is 12.5 Å². The Morgan fingerprint density at radius 1 is 1.35 bits per heavy atom. The van der Waals surface area contributed by atoms with Crippen LogP contribution in [0.5, 0.6) is 0 Å². The van der Waals surface area contributed by atoms with E-state index in [1.165, 1.54) is 12.4 Å². The van der Waals surface area contributed by atoms with Crippen molar-refractivity contribution in [1.29, 1.82) is 0 Å². The summed E-state index contributed by atoms with van der Waals surface area (Å²) in [5, 5.41) is 4.00. The number of nitrogens with two attached hydrogens (primary N) is 1. The van der Waals surface area contributed by atoms with Gasteiger partial charge in [-0.05, 0) is 13.0 Å². The van der Waals surface area contributed by atoms with Crippen LogP contribution in [0.25, 0.3) is 0 Å². The lowest BCUT2D eigenvalue weighted by molar-refractivity contribution is 0.570. The number of imidazole rings is 1. The van der Waals surface area contributed by atoms with Crippen molar-refractivity contribution in [3.63, 3.8) is 0 Å². The minimum atomic E-state index is -3.52. The highest BCUT2D eigenvalue weighted by Gasteiger charge is 2.15. The second-order valence-corrected chi connectivity index (χ2v) is 6.05. The van der Waals surface area contributed by atoms with E-state index in [2.05, 4.69) is 14.8 Å². The number of hydrogen-bond acceptors (Lipinski definition) is 5. The molecule has 110 valence electrons. The summed E-state index contributed by atoms with van der Waals surface area (Å²) in [6.07, 6.45) is 8.68. The standard InChI is InChI=1S/C11H18N6O2S/c12-2-1-5-17-9-11(8-14-17)20(18,19)15-4-7-16-6-3-13-10-16/h3,6,8-10,15H,1-2,4-5,7,12H2. The topological polar surface area (TPSA) is 108 Å². The van der Waals surface area contributed by atoms with Crippen molar-refractivity contribution in [3.8, 4) is 0 Å². The van der Waals surface area contributed by atoms with Crippen molar-refractivity contribution in [1.82, 2.24) is 24.1 Å². The number of sulfonamides is 1. The summed E-state index contributed by atoms with van der Waals surface area (Å²) in [6, 6.07) is 0. The van der Waals surface area contributed by atoms with E-state index in [1.54, 1.807) is 28.0 Å². The van der Waals surface area contributed by atoms with Crippen LogP contribution in [0.3, 0.4) is 0 Å². The molecule has 2 aromatic heterocycles. The van der Waals surface area contributed by atoms with Gasteiger partial charge in [-0.2, -0.15) is 5.10 Å². The molecule has 0 saturated carbocycles. The minimum Gasteiger partial charge on any atom is -0.336 e. The summed E-state index contributed by atoms with van der Waals surface area (Å²) in [4.78, 5) is 4.06. The maximum atomic E-state index is 12.0. The summed E-state index contributed by atoms with van der Waals surface area (Å²) < 4.78 is 30.0. The van der Waals surface area contributed by atoms with E-state index in [0.29, 0.717) is 26.2 Å². The third-order valence-corrected chi connectivity index (χ3v) is 4.15. The Kier molecular flexibility index (Phi) is 4.88. The molecule has 0 atom stereocenters. The summed E-state index contributed by atoms with van der Waals surface area (Å²) in [6.45, 7) is 1.99. The highest BCUT2D eigenvalue weighted by atomic mass is 32.2. The lowest BCUT2D eigenvalue weighted by Crippen LogP contribution is -2.27. The van der Waals surface area contributed by atoms with Crippen LogP contribution < -0.4 is 10.5 Å². The second-order valence-electron chi connectivity index (χ2n) is 4.28. The molecular weight excluding hydrogens is 280 g/mol. The molecule has 9 heteroatoms. The van der Waals surface area contributed by atoms with Gasteiger partial charge in [-0.25, -0.2) is 18.1 Å². The van der Waals surface area contributed by atoms with E-state index in [9.17, 15) is 8.42 Å². The van der Waals surface area contributed by atoms with E-state index in [-0.39, 0.29) is 4.90 Å². The first-order valence-corrected chi connectivity index (χ1v) is 7.78. The van der Waals surface area contributed by atoms with Gasteiger partial charge >= 0.3 is 0 Å². The molecule has 0 unspecified atom stereocenters. The van der Waals surface area contributed by atoms with Gasteiger partial charge in [-0.15, -0.1) is 0 Å². The number of nitrogens with zero attached hydrogens (tertiary/aromatic N) is 4. The Hall–Kier alpha value is -1.71. The van der Waals surface area contributed by atoms with Gasteiger partial charge in [0, 0.05) is 38.2 Å². The molecule has 0 bridgehead atoms. The molecule has 0 saturated heterocycles. The fourth-order valence-electron chi connectivity index (χ4n) is 1.67. The number of rotatable bonds is 8. The van der Waals surface area contributed by atoms with Gasteiger partial charge in [0.25, 0.3) is 0 Å². The number of aryl methyl sites for hydroxylation is 1. The van der Waals surface area contributed by atoms with Crippen molar-refractivity contribution >= 4 is 10.0 Å². The van der Waals surface area contributed by atoms with E-state index in [1.807, 2.05) is 0 Å². The Balaban J connectivity index is 1.90. The molecule has 8 nitrogen and oxygen atoms in total. The number of aromatic nitrogens is 4. The van der Waals surface area contributed by atoms with E-state index in [0.717, 1.165) is 6.42 Å². The van der Waals surface area contributed by atoms with Gasteiger partial charge in [0.2, 0.25) is 10.0 Å². The average Bonchev–Trinajstić information content (AvgIpc) is 3.07. The lowest BCUT2D eigenvalue weighted by atomic mass is 10.4. The second kappa shape index (κ2) is 6.64. The van der Waals surface area contributed by atoms with Crippen molar-refractivity contribution < 1.29 is 8.42 Å². The maximum Gasteiger partial charge on any atom is 0.243 e. The molecule has 20 heavy (non-hydrogen) atoms. The Morgan fingerprint density at radius 2 is 2.20 bits per heavy atom. The van der Waals surface area contributed by atoms with Crippen molar-refractivity contribution in [2.24, 2.45) is 5.73 Å².